The van der Waals surface area contributed by atoms with Gasteiger partial charge in [-0.1, -0.05) is 25.5 Å². The van der Waals surface area contributed by atoms with Crippen molar-refractivity contribution < 1.29 is 9.53 Å². The molecule has 1 amide bonds. The van der Waals surface area contributed by atoms with Gasteiger partial charge in [-0.2, -0.15) is 0 Å². The molecule has 1 aromatic carbocycles. The molecule has 0 atom stereocenters. The van der Waals surface area contributed by atoms with Crippen LogP contribution in [0, 0.1) is 0 Å². The van der Waals surface area contributed by atoms with E-state index in [9.17, 15) is 4.79 Å². The van der Waals surface area contributed by atoms with Crippen molar-refractivity contribution in [2.24, 2.45) is 0 Å². The van der Waals surface area contributed by atoms with E-state index in [4.69, 9.17) is 4.74 Å². The van der Waals surface area contributed by atoms with Crippen LogP contribution in [0.25, 0.3) is 0 Å². The number of hydrogen-bond acceptors (Lipinski definition) is 2. The Morgan fingerprint density at radius 2 is 1.76 bits per heavy atom. The average Bonchev–Trinajstić information content (AvgIpc) is 3.20. The number of hydrogen-bond donors (Lipinski definition) is 0. The number of nitrogens with zero attached hydrogens (tertiary/aromatic N) is 1. The van der Waals surface area contributed by atoms with Gasteiger partial charge >= 0.3 is 0 Å². The second-order valence-electron chi connectivity index (χ2n) is 6.01. The molecule has 0 unspecified atom stereocenters. The third-order valence-electron chi connectivity index (χ3n) is 4.36. The molecule has 2 fully saturated rings. The van der Waals surface area contributed by atoms with E-state index < -0.39 is 0 Å². The molecule has 0 spiro atoms. The Bertz CT molecular complexity index is 498. The first-order chi connectivity index (χ1) is 10.3. The Balaban J connectivity index is 1.71. The zero-order chi connectivity index (χ0) is 14.7. The van der Waals surface area contributed by atoms with Gasteiger partial charge in [-0.3, -0.25) is 4.79 Å². The van der Waals surface area contributed by atoms with Crippen molar-refractivity contribution in [3.8, 4) is 5.75 Å². The van der Waals surface area contributed by atoms with E-state index in [1.807, 2.05) is 24.3 Å². The van der Waals surface area contributed by atoms with Crippen molar-refractivity contribution in [2.75, 3.05) is 6.61 Å². The molecule has 0 aromatic heterocycles. The van der Waals surface area contributed by atoms with Crippen molar-refractivity contribution in [3.63, 3.8) is 0 Å². The Hall–Kier alpha value is -1.77. The van der Waals surface area contributed by atoms with E-state index in [0.717, 1.165) is 11.3 Å². The van der Waals surface area contributed by atoms with E-state index in [1.165, 1.54) is 38.5 Å². The summed E-state index contributed by atoms with van der Waals surface area (Å²) < 4.78 is 5.47. The van der Waals surface area contributed by atoms with Gasteiger partial charge in [-0.25, -0.2) is 0 Å². The van der Waals surface area contributed by atoms with E-state index in [1.54, 1.807) is 6.08 Å². The minimum Gasteiger partial charge on any atom is -0.490 e. The molecular formula is C18H23NO2. The first-order valence-corrected chi connectivity index (χ1v) is 7.96. The summed E-state index contributed by atoms with van der Waals surface area (Å²) in [5.41, 5.74) is 0.778. The van der Waals surface area contributed by atoms with E-state index in [2.05, 4.69) is 11.5 Å². The minimum absolute atomic E-state index is 0.194. The monoisotopic (exact) mass is 285 g/mol. The fourth-order valence-electron chi connectivity index (χ4n) is 3.16. The normalized spacial score (nSPS) is 18.5. The van der Waals surface area contributed by atoms with Crippen LogP contribution in [-0.2, 0) is 0 Å². The maximum atomic E-state index is 12.8. The van der Waals surface area contributed by atoms with Gasteiger partial charge in [0.15, 0.2) is 0 Å². The number of carbonyl (C=O) groups excluding carboxylic acids is 1. The molecular weight excluding hydrogens is 262 g/mol. The van der Waals surface area contributed by atoms with Gasteiger partial charge in [0.2, 0.25) is 0 Å². The standard InChI is InChI=1S/C18H23NO2/c1-2-13-21-17-11-7-14(8-12-17)18(20)19(16-9-10-16)15-5-3-4-6-15/h2,7-8,11-12,15-16H,1,3-6,9-10,13H2. The topological polar surface area (TPSA) is 29.5 Å². The highest BCUT2D eigenvalue weighted by Gasteiger charge is 2.38. The lowest BCUT2D eigenvalue weighted by Crippen LogP contribution is -2.40. The van der Waals surface area contributed by atoms with Crippen molar-refractivity contribution in [3.05, 3.63) is 42.5 Å². The fraction of sp³-hybridized carbons (Fsp3) is 0.500. The first kappa shape index (κ1) is 14.2. The smallest absolute Gasteiger partial charge is 0.254 e. The van der Waals surface area contributed by atoms with Crippen LogP contribution in [0.15, 0.2) is 36.9 Å². The van der Waals surface area contributed by atoms with Gasteiger partial charge in [-0.15, -0.1) is 0 Å². The predicted octanol–water partition coefficient (Wildman–Crippen LogP) is 3.80. The second kappa shape index (κ2) is 6.33. The van der Waals surface area contributed by atoms with E-state index >= 15 is 0 Å². The molecule has 3 rings (SSSR count). The quantitative estimate of drug-likeness (QED) is 0.744. The molecule has 3 nitrogen and oxygen atoms in total. The Labute approximate surface area is 126 Å². The average molecular weight is 285 g/mol. The van der Waals surface area contributed by atoms with E-state index in [0.29, 0.717) is 18.7 Å². The maximum absolute atomic E-state index is 12.8. The largest absolute Gasteiger partial charge is 0.490 e. The molecule has 0 radical (unpaired) electrons. The zero-order valence-electron chi connectivity index (χ0n) is 12.5. The minimum atomic E-state index is 0.194. The van der Waals surface area contributed by atoms with E-state index in [-0.39, 0.29) is 5.91 Å². The van der Waals surface area contributed by atoms with Crippen LogP contribution in [0.2, 0.25) is 0 Å². The Morgan fingerprint density at radius 3 is 2.33 bits per heavy atom. The van der Waals surface area contributed by atoms with Gasteiger partial charge in [0, 0.05) is 17.6 Å². The van der Waals surface area contributed by atoms with Crippen molar-refractivity contribution >= 4 is 5.91 Å². The summed E-state index contributed by atoms with van der Waals surface area (Å²) in [4.78, 5) is 15.0. The lowest BCUT2D eigenvalue weighted by atomic mass is 10.1. The van der Waals surface area contributed by atoms with Crippen LogP contribution in [-0.4, -0.2) is 29.5 Å². The molecule has 2 saturated carbocycles. The van der Waals surface area contributed by atoms with Gasteiger partial charge < -0.3 is 9.64 Å². The van der Waals surface area contributed by atoms with Crippen LogP contribution in [0.4, 0.5) is 0 Å². The fourth-order valence-corrected chi connectivity index (χ4v) is 3.16. The second-order valence-corrected chi connectivity index (χ2v) is 6.01. The summed E-state index contributed by atoms with van der Waals surface area (Å²) in [5.74, 6) is 0.977. The molecule has 2 aliphatic rings. The molecule has 1 aromatic rings. The molecule has 0 bridgehead atoms. The molecule has 2 aliphatic carbocycles. The van der Waals surface area contributed by atoms with Gasteiger partial charge in [-0.05, 0) is 49.9 Å². The summed E-state index contributed by atoms with van der Waals surface area (Å²) in [6.07, 6.45) is 8.91. The predicted molar refractivity (Wildman–Crippen MR) is 83.6 cm³/mol. The first-order valence-electron chi connectivity index (χ1n) is 7.96. The third kappa shape index (κ3) is 3.29. The summed E-state index contributed by atoms with van der Waals surface area (Å²) in [6.45, 7) is 4.12. The highest BCUT2D eigenvalue weighted by molar-refractivity contribution is 5.95. The number of rotatable bonds is 6. The number of carbonyl (C=O) groups is 1. The van der Waals surface area contributed by atoms with Crippen molar-refractivity contribution in [1.29, 1.82) is 0 Å². The molecule has 0 saturated heterocycles. The zero-order valence-corrected chi connectivity index (χ0v) is 12.5. The van der Waals surface area contributed by atoms with Crippen molar-refractivity contribution in [1.82, 2.24) is 4.90 Å². The van der Waals surface area contributed by atoms with Crippen molar-refractivity contribution in [2.45, 2.75) is 50.6 Å². The number of ether oxygens (including phenoxy) is 1. The van der Waals surface area contributed by atoms with Crippen LogP contribution < -0.4 is 4.74 Å². The molecule has 0 N–H and O–H groups in total. The number of amides is 1. The highest BCUT2D eigenvalue weighted by Crippen LogP contribution is 2.35. The molecule has 3 heteroatoms. The van der Waals surface area contributed by atoms with Crippen LogP contribution in [0.1, 0.15) is 48.9 Å². The summed E-state index contributed by atoms with van der Waals surface area (Å²) in [6, 6.07) is 8.45. The Morgan fingerprint density at radius 1 is 1.14 bits per heavy atom. The van der Waals surface area contributed by atoms with Crippen LogP contribution in [0.3, 0.4) is 0 Å². The summed E-state index contributed by atoms with van der Waals surface area (Å²) >= 11 is 0. The molecule has 0 heterocycles. The van der Waals surface area contributed by atoms with Crippen LogP contribution in [0.5, 0.6) is 5.75 Å². The molecule has 112 valence electrons. The Kier molecular flexibility index (Phi) is 4.28. The molecule has 0 aliphatic heterocycles. The van der Waals surface area contributed by atoms with Gasteiger partial charge in [0.25, 0.3) is 5.91 Å². The molecule has 21 heavy (non-hydrogen) atoms. The maximum Gasteiger partial charge on any atom is 0.254 e. The highest BCUT2D eigenvalue weighted by atomic mass is 16.5. The van der Waals surface area contributed by atoms with Crippen LogP contribution >= 0.6 is 0 Å². The SMILES string of the molecule is C=CCOc1ccc(C(=O)N(C2CCCC2)C2CC2)cc1. The van der Waals surface area contributed by atoms with Gasteiger partial charge in [0.1, 0.15) is 12.4 Å². The number of benzene rings is 1. The van der Waals surface area contributed by atoms with Gasteiger partial charge in [0.05, 0.1) is 0 Å². The lowest BCUT2D eigenvalue weighted by Gasteiger charge is -2.29. The lowest BCUT2D eigenvalue weighted by molar-refractivity contribution is 0.0664. The summed E-state index contributed by atoms with van der Waals surface area (Å²) in [5, 5.41) is 0. The summed E-state index contributed by atoms with van der Waals surface area (Å²) in [7, 11) is 0. The third-order valence-corrected chi connectivity index (χ3v) is 4.36.